The molecule has 0 fully saturated rings. The van der Waals surface area contributed by atoms with Crippen LogP contribution in [0.3, 0.4) is 0 Å². The fraction of sp³-hybridized carbons (Fsp3) is 0.636. The average Bonchev–Trinajstić information content (AvgIpc) is 2.77. The number of rotatable bonds is 5. The number of methoxy groups -OCH3 is 1. The Hall–Kier alpha value is -2.33. The minimum atomic E-state index is -3.50. The summed E-state index contributed by atoms with van der Waals surface area (Å²) >= 11 is 0. The molecular formula is C22H35N3O6S. The summed E-state index contributed by atoms with van der Waals surface area (Å²) in [5.41, 5.74) is 0.531. The van der Waals surface area contributed by atoms with E-state index < -0.39 is 10.0 Å². The number of anilines is 1. The van der Waals surface area contributed by atoms with Crippen LogP contribution in [-0.2, 0) is 19.6 Å². The molecule has 32 heavy (non-hydrogen) atoms. The van der Waals surface area contributed by atoms with Gasteiger partial charge in [0.2, 0.25) is 15.9 Å². The third-order valence-corrected chi connectivity index (χ3v) is 7.03. The summed E-state index contributed by atoms with van der Waals surface area (Å²) in [7, 11) is -0.242. The van der Waals surface area contributed by atoms with Gasteiger partial charge < -0.3 is 19.3 Å². The maximum atomic E-state index is 13.3. The maximum Gasteiger partial charge on any atom is 0.257 e. The number of fused-ring (bicyclic) bond motifs is 1. The van der Waals surface area contributed by atoms with E-state index in [1.165, 1.54) is 17.9 Å². The van der Waals surface area contributed by atoms with Crippen LogP contribution in [0.2, 0.25) is 0 Å². The highest BCUT2D eigenvalue weighted by Gasteiger charge is 2.30. The van der Waals surface area contributed by atoms with Crippen LogP contribution in [0.5, 0.6) is 5.75 Å². The number of ether oxygens (including phenoxy) is 2. The van der Waals surface area contributed by atoms with E-state index in [4.69, 9.17) is 9.47 Å². The van der Waals surface area contributed by atoms with Crippen molar-refractivity contribution in [1.82, 2.24) is 9.80 Å². The molecule has 1 aliphatic rings. The Bertz CT molecular complexity index is 920. The molecule has 0 aliphatic carbocycles. The molecule has 180 valence electrons. The third-order valence-electron chi connectivity index (χ3n) is 5.72. The van der Waals surface area contributed by atoms with Crippen molar-refractivity contribution < 1.29 is 27.5 Å². The number of hydrogen-bond acceptors (Lipinski definition) is 6. The van der Waals surface area contributed by atoms with Crippen molar-refractivity contribution in [3.63, 3.8) is 0 Å². The van der Waals surface area contributed by atoms with Gasteiger partial charge >= 0.3 is 0 Å². The van der Waals surface area contributed by atoms with Crippen molar-refractivity contribution >= 4 is 27.5 Å². The van der Waals surface area contributed by atoms with Gasteiger partial charge in [0.15, 0.2) is 0 Å². The number of carbonyl (C=O) groups excluding carboxylic acids is 2. The van der Waals surface area contributed by atoms with E-state index in [1.54, 1.807) is 31.2 Å². The predicted octanol–water partition coefficient (Wildman–Crippen LogP) is 2.19. The van der Waals surface area contributed by atoms with Crippen molar-refractivity contribution in [3.05, 3.63) is 23.8 Å². The Labute approximate surface area is 191 Å². The first-order valence-corrected chi connectivity index (χ1v) is 12.5. The van der Waals surface area contributed by atoms with Gasteiger partial charge in [-0.05, 0) is 32.0 Å². The number of nitrogens with one attached hydrogen (secondary N) is 1. The average molecular weight is 470 g/mol. The van der Waals surface area contributed by atoms with E-state index in [0.29, 0.717) is 25.3 Å². The summed E-state index contributed by atoms with van der Waals surface area (Å²) in [6.45, 7) is 8.25. The molecule has 1 heterocycles. The molecule has 2 rings (SSSR count). The van der Waals surface area contributed by atoms with E-state index in [-0.39, 0.29) is 53.5 Å². The van der Waals surface area contributed by atoms with Crippen LogP contribution in [0.25, 0.3) is 0 Å². The minimum Gasteiger partial charge on any atom is -0.491 e. The molecule has 1 aromatic carbocycles. The van der Waals surface area contributed by atoms with Crippen LogP contribution in [0.4, 0.5) is 5.69 Å². The van der Waals surface area contributed by atoms with Gasteiger partial charge in [-0.25, -0.2) is 8.42 Å². The molecule has 1 aliphatic heterocycles. The highest BCUT2D eigenvalue weighted by atomic mass is 32.2. The molecule has 1 aromatic rings. The van der Waals surface area contributed by atoms with E-state index in [9.17, 15) is 18.0 Å². The topological polar surface area (TPSA) is 105 Å². The normalized spacial score (nSPS) is 22.9. The van der Waals surface area contributed by atoms with Gasteiger partial charge in [0, 0.05) is 45.3 Å². The molecule has 0 radical (unpaired) electrons. The fourth-order valence-electron chi connectivity index (χ4n) is 3.64. The molecule has 0 unspecified atom stereocenters. The van der Waals surface area contributed by atoms with Gasteiger partial charge in [0.05, 0.1) is 23.5 Å². The summed E-state index contributed by atoms with van der Waals surface area (Å²) in [6.07, 6.45) is 0.0961. The number of carbonyl (C=O) groups is 2. The second-order valence-corrected chi connectivity index (χ2v) is 10.2. The molecule has 3 atom stereocenters. The lowest BCUT2D eigenvalue weighted by atomic mass is 10.0. The first-order valence-electron chi connectivity index (χ1n) is 10.9. The van der Waals surface area contributed by atoms with Gasteiger partial charge in [0.1, 0.15) is 12.4 Å². The van der Waals surface area contributed by atoms with Crippen LogP contribution >= 0.6 is 0 Å². The zero-order valence-electron chi connectivity index (χ0n) is 19.8. The number of amides is 2. The van der Waals surface area contributed by atoms with Crippen molar-refractivity contribution in [1.29, 1.82) is 0 Å². The van der Waals surface area contributed by atoms with Gasteiger partial charge in [-0.15, -0.1) is 0 Å². The standard InChI is InChI=1S/C22H35N3O6S/c1-7-21(26)25-12-15(3)20(30-6)13-24(5)22(27)18-11-17(23-32(28,29)8-2)9-10-19(18)31-14-16(25)4/h9-11,15-16,20,23H,7-8,12-14H2,1-6H3/t15-,16-,20+/m1/s1. The largest absolute Gasteiger partial charge is 0.491 e. The summed E-state index contributed by atoms with van der Waals surface area (Å²) in [6, 6.07) is 4.40. The maximum absolute atomic E-state index is 13.3. The zero-order chi connectivity index (χ0) is 24.1. The number of benzene rings is 1. The predicted molar refractivity (Wildman–Crippen MR) is 123 cm³/mol. The summed E-state index contributed by atoms with van der Waals surface area (Å²) in [5, 5.41) is 0. The molecule has 0 bridgehead atoms. The Morgan fingerprint density at radius 3 is 2.53 bits per heavy atom. The first-order chi connectivity index (χ1) is 15.0. The summed E-state index contributed by atoms with van der Waals surface area (Å²) < 4.78 is 38.1. The third kappa shape index (κ3) is 6.35. The SMILES string of the molecule is CCC(=O)N1C[C@@H](C)[C@@H](OC)CN(C)C(=O)c2cc(NS(=O)(=O)CC)ccc2OC[C@H]1C. The lowest BCUT2D eigenvalue weighted by Crippen LogP contribution is -2.48. The van der Waals surface area contributed by atoms with E-state index in [0.717, 1.165) is 0 Å². The molecule has 0 aromatic heterocycles. The van der Waals surface area contributed by atoms with Gasteiger partial charge in [-0.2, -0.15) is 0 Å². The van der Waals surface area contributed by atoms with Gasteiger partial charge in [-0.1, -0.05) is 13.8 Å². The second kappa shape index (κ2) is 11.0. The monoisotopic (exact) mass is 469 g/mol. The van der Waals surface area contributed by atoms with Crippen LogP contribution in [-0.4, -0.2) is 81.8 Å². The van der Waals surface area contributed by atoms with Gasteiger partial charge in [0.25, 0.3) is 5.91 Å². The van der Waals surface area contributed by atoms with E-state index >= 15 is 0 Å². The van der Waals surface area contributed by atoms with Crippen LogP contribution in [0.15, 0.2) is 18.2 Å². The van der Waals surface area contributed by atoms with Crippen molar-refractivity contribution in [2.45, 2.75) is 46.3 Å². The Kier molecular flexibility index (Phi) is 8.91. The lowest BCUT2D eigenvalue weighted by molar-refractivity contribution is -0.135. The Balaban J connectivity index is 2.48. The number of hydrogen-bond donors (Lipinski definition) is 1. The van der Waals surface area contributed by atoms with E-state index in [1.807, 2.05) is 20.8 Å². The van der Waals surface area contributed by atoms with Crippen LogP contribution in [0, 0.1) is 5.92 Å². The minimum absolute atomic E-state index is 0.0187. The highest BCUT2D eigenvalue weighted by Crippen LogP contribution is 2.27. The van der Waals surface area contributed by atoms with Crippen LogP contribution < -0.4 is 9.46 Å². The fourth-order valence-corrected chi connectivity index (χ4v) is 4.27. The first kappa shape index (κ1) is 25.9. The second-order valence-electron chi connectivity index (χ2n) is 8.21. The molecular weight excluding hydrogens is 434 g/mol. The smallest absolute Gasteiger partial charge is 0.257 e. The molecule has 2 amide bonds. The zero-order valence-corrected chi connectivity index (χ0v) is 20.6. The van der Waals surface area contributed by atoms with Crippen molar-refractivity contribution in [3.8, 4) is 5.75 Å². The molecule has 0 saturated carbocycles. The quantitative estimate of drug-likeness (QED) is 0.709. The van der Waals surface area contributed by atoms with Crippen molar-refractivity contribution in [2.24, 2.45) is 5.92 Å². The van der Waals surface area contributed by atoms with Gasteiger partial charge in [-0.3, -0.25) is 14.3 Å². The molecule has 9 nitrogen and oxygen atoms in total. The molecule has 0 spiro atoms. The molecule has 0 saturated heterocycles. The Morgan fingerprint density at radius 1 is 1.25 bits per heavy atom. The number of sulfonamides is 1. The molecule has 10 heteroatoms. The molecule has 1 N–H and O–H groups in total. The summed E-state index contributed by atoms with van der Waals surface area (Å²) in [5.74, 6) is -0.0505. The highest BCUT2D eigenvalue weighted by molar-refractivity contribution is 7.92. The van der Waals surface area contributed by atoms with Crippen LogP contribution in [0.1, 0.15) is 44.5 Å². The van der Waals surface area contributed by atoms with Crippen molar-refractivity contribution in [2.75, 3.05) is 44.3 Å². The van der Waals surface area contributed by atoms with E-state index in [2.05, 4.69) is 4.72 Å². The summed E-state index contributed by atoms with van der Waals surface area (Å²) in [4.78, 5) is 29.2. The Morgan fingerprint density at radius 2 is 1.94 bits per heavy atom. The number of likely N-dealkylation sites (N-methyl/N-ethyl adjacent to an activating group) is 1. The lowest BCUT2D eigenvalue weighted by Gasteiger charge is -2.36. The number of nitrogens with zero attached hydrogens (tertiary/aromatic N) is 2.